The van der Waals surface area contributed by atoms with Gasteiger partial charge in [-0.05, 0) is 30.2 Å². The highest BCUT2D eigenvalue weighted by atomic mass is 16.6. The Morgan fingerprint density at radius 2 is 2.14 bits per heavy atom. The van der Waals surface area contributed by atoms with Crippen LogP contribution in [-0.2, 0) is 13.0 Å². The number of nitrogens with zero attached hydrogens (tertiary/aromatic N) is 2. The van der Waals surface area contributed by atoms with E-state index in [0.717, 1.165) is 17.7 Å². The summed E-state index contributed by atoms with van der Waals surface area (Å²) in [6.45, 7) is 2.13. The van der Waals surface area contributed by atoms with E-state index in [0.29, 0.717) is 5.69 Å². The number of benzene rings is 1. The number of aryl methyl sites for hydroxylation is 1. The molecule has 2 aromatic rings. The summed E-state index contributed by atoms with van der Waals surface area (Å²) in [5.41, 5.74) is 2.51. The molecule has 2 rings (SSSR count). The third-order valence-electron chi connectivity index (χ3n) is 3.11. The van der Waals surface area contributed by atoms with E-state index in [1.54, 1.807) is 18.3 Å². The molecular formula is C15H17N3O3. The first-order valence-corrected chi connectivity index (χ1v) is 6.66. The number of nitrogens with one attached hydrogen (secondary N) is 1. The second kappa shape index (κ2) is 6.69. The molecule has 0 amide bonds. The van der Waals surface area contributed by atoms with E-state index in [1.807, 2.05) is 32.2 Å². The molecule has 6 nitrogen and oxygen atoms in total. The number of anilines is 1. The van der Waals surface area contributed by atoms with Crippen molar-refractivity contribution in [2.45, 2.75) is 20.0 Å². The molecule has 21 heavy (non-hydrogen) atoms. The maximum absolute atomic E-state index is 11.1. The predicted octanol–water partition coefficient (Wildman–Crippen LogP) is 3.17. The number of rotatable bonds is 6. The van der Waals surface area contributed by atoms with Crippen LogP contribution in [0, 0.1) is 10.1 Å². The Bertz CT molecular complexity index is 644. The molecule has 1 aromatic carbocycles. The molecule has 1 N–H and O–H groups in total. The smallest absolute Gasteiger partial charge is 0.311 e. The zero-order valence-corrected chi connectivity index (χ0v) is 12.0. The summed E-state index contributed by atoms with van der Waals surface area (Å²) in [5, 5.41) is 14.1. The minimum Gasteiger partial charge on any atom is -0.480 e. The van der Waals surface area contributed by atoms with Crippen molar-refractivity contribution in [3.63, 3.8) is 0 Å². The molecule has 1 aromatic heterocycles. The first-order valence-electron chi connectivity index (χ1n) is 6.66. The third-order valence-corrected chi connectivity index (χ3v) is 3.11. The van der Waals surface area contributed by atoms with E-state index in [2.05, 4.69) is 10.3 Å². The lowest BCUT2D eigenvalue weighted by Crippen LogP contribution is -2.02. The van der Waals surface area contributed by atoms with Crippen LogP contribution in [0.5, 0.6) is 5.75 Å². The number of hydrogen-bond donors (Lipinski definition) is 1. The van der Waals surface area contributed by atoms with E-state index < -0.39 is 4.92 Å². The lowest BCUT2D eigenvalue weighted by molar-refractivity contribution is -0.386. The van der Waals surface area contributed by atoms with Gasteiger partial charge in [-0.2, -0.15) is 0 Å². The van der Waals surface area contributed by atoms with Gasteiger partial charge in [-0.25, -0.2) is 0 Å². The largest absolute Gasteiger partial charge is 0.480 e. The van der Waals surface area contributed by atoms with Gasteiger partial charge in [-0.15, -0.1) is 0 Å². The summed E-state index contributed by atoms with van der Waals surface area (Å²) in [7, 11) is 1.81. The van der Waals surface area contributed by atoms with Crippen LogP contribution in [0.25, 0.3) is 0 Å². The topological polar surface area (TPSA) is 77.3 Å². The number of aromatic nitrogens is 1. The maximum atomic E-state index is 11.1. The van der Waals surface area contributed by atoms with Crippen LogP contribution in [0.1, 0.15) is 18.2 Å². The molecule has 0 atom stereocenters. The van der Waals surface area contributed by atoms with Crippen molar-refractivity contribution in [2.24, 2.45) is 0 Å². The summed E-state index contributed by atoms with van der Waals surface area (Å²) in [6, 6.07) is 8.69. The monoisotopic (exact) mass is 287 g/mol. The predicted molar refractivity (Wildman–Crippen MR) is 80.6 cm³/mol. The number of nitro groups is 1. The third kappa shape index (κ3) is 3.68. The Hall–Kier alpha value is -2.63. The van der Waals surface area contributed by atoms with Gasteiger partial charge in [0.05, 0.1) is 10.6 Å². The Balaban J connectivity index is 2.17. The highest BCUT2D eigenvalue weighted by molar-refractivity contribution is 5.49. The van der Waals surface area contributed by atoms with E-state index in [-0.39, 0.29) is 18.0 Å². The van der Waals surface area contributed by atoms with Crippen molar-refractivity contribution >= 4 is 11.4 Å². The van der Waals surface area contributed by atoms with Crippen molar-refractivity contribution in [2.75, 3.05) is 12.4 Å². The van der Waals surface area contributed by atoms with E-state index in [1.165, 1.54) is 0 Å². The van der Waals surface area contributed by atoms with Gasteiger partial charge >= 0.3 is 5.69 Å². The Morgan fingerprint density at radius 3 is 2.81 bits per heavy atom. The molecule has 0 bridgehead atoms. The van der Waals surface area contributed by atoms with Gasteiger partial charge in [-0.3, -0.25) is 15.1 Å². The molecule has 0 saturated heterocycles. The zero-order valence-electron chi connectivity index (χ0n) is 12.0. The van der Waals surface area contributed by atoms with E-state index in [4.69, 9.17) is 4.74 Å². The van der Waals surface area contributed by atoms with Crippen LogP contribution in [0.2, 0.25) is 0 Å². The van der Waals surface area contributed by atoms with Gasteiger partial charge in [0.2, 0.25) is 0 Å². The fraction of sp³-hybridized carbons (Fsp3) is 0.267. The maximum Gasteiger partial charge on any atom is 0.311 e. The summed E-state index contributed by atoms with van der Waals surface area (Å²) >= 11 is 0. The summed E-state index contributed by atoms with van der Waals surface area (Å²) < 4.78 is 5.55. The normalized spacial score (nSPS) is 10.2. The number of nitro benzene ring substituents is 1. The van der Waals surface area contributed by atoms with Crippen LogP contribution in [0.15, 0.2) is 36.5 Å². The highest BCUT2D eigenvalue weighted by Crippen LogP contribution is 2.28. The lowest BCUT2D eigenvalue weighted by atomic mass is 10.1. The first-order chi connectivity index (χ1) is 10.1. The quantitative estimate of drug-likeness (QED) is 0.652. The number of pyridine rings is 1. The van der Waals surface area contributed by atoms with Crippen molar-refractivity contribution in [3.8, 4) is 5.75 Å². The molecule has 0 aliphatic heterocycles. The van der Waals surface area contributed by atoms with Crippen LogP contribution < -0.4 is 10.1 Å². The molecule has 1 heterocycles. The average Bonchev–Trinajstić information content (AvgIpc) is 2.52. The van der Waals surface area contributed by atoms with Crippen molar-refractivity contribution in [3.05, 3.63) is 57.9 Å². The van der Waals surface area contributed by atoms with Gasteiger partial charge in [-0.1, -0.05) is 13.0 Å². The van der Waals surface area contributed by atoms with Gasteiger partial charge in [0.1, 0.15) is 6.61 Å². The Kier molecular flexibility index (Phi) is 4.71. The van der Waals surface area contributed by atoms with Crippen LogP contribution >= 0.6 is 0 Å². The van der Waals surface area contributed by atoms with Gasteiger partial charge in [0, 0.05) is 25.0 Å². The van der Waals surface area contributed by atoms with Crippen LogP contribution in [0.4, 0.5) is 11.4 Å². The summed E-state index contributed by atoms with van der Waals surface area (Å²) in [5.74, 6) is 0.258. The number of ether oxygens (including phenoxy) is 1. The highest BCUT2D eigenvalue weighted by Gasteiger charge is 2.15. The Morgan fingerprint density at radius 1 is 1.33 bits per heavy atom. The Labute approximate surface area is 122 Å². The van der Waals surface area contributed by atoms with Crippen molar-refractivity contribution in [1.29, 1.82) is 0 Å². The first kappa shape index (κ1) is 14.8. The number of hydrogen-bond acceptors (Lipinski definition) is 5. The van der Waals surface area contributed by atoms with Crippen LogP contribution in [-0.4, -0.2) is 17.0 Å². The van der Waals surface area contributed by atoms with Gasteiger partial charge < -0.3 is 10.1 Å². The molecule has 0 radical (unpaired) electrons. The lowest BCUT2D eigenvalue weighted by Gasteiger charge is -2.08. The molecule has 0 fully saturated rings. The second-order valence-electron chi connectivity index (χ2n) is 4.49. The molecule has 110 valence electrons. The SMILES string of the molecule is CCc1ccc(OCc2cc(NC)ccn2)c([N+](=O)[O-])c1. The van der Waals surface area contributed by atoms with Gasteiger partial charge in [0.15, 0.2) is 5.75 Å². The van der Waals surface area contributed by atoms with E-state index in [9.17, 15) is 10.1 Å². The van der Waals surface area contributed by atoms with Crippen molar-refractivity contribution < 1.29 is 9.66 Å². The minimum atomic E-state index is -0.425. The van der Waals surface area contributed by atoms with Gasteiger partial charge in [0.25, 0.3) is 0 Å². The molecule has 0 unspecified atom stereocenters. The second-order valence-corrected chi connectivity index (χ2v) is 4.49. The molecular weight excluding hydrogens is 270 g/mol. The molecule has 0 spiro atoms. The average molecular weight is 287 g/mol. The summed E-state index contributed by atoms with van der Waals surface area (Å²) in [6.07, 6.45) is 2.41. The van der Waals surface area contributed by atoms with Crippen molar-refractivity contribution in [1.82, 2.24) is 4.98 Å². The minimum absolute atomic E-state index is 0.0147. The molecule has 6 heteroatoms. The fourth-order valence-corrected chi connectivity index (χ4v) is 1.91. The zero-order chi connectivity index (χ0) is 15.2. The standard InChI is InChI=1S/C15H17N3O3/c1-3-11-4-5-15(14(8-11)18(19)20)21-10-13-9-12(16-2)6-7-17-13/h4-9H,3,10H2,1-2H3,(H,16,17). The fourth-order valence-electron chi connectivity index (χ4n) is 1.91. The molecule has 0 aliphatic rings. The molecule has 0 saturated carbocycles. The summed E-state index contributed by atoms with van der Waals surface area (Å²) in [4.78, 5) is 14.9. The van der Waals surface area contributed by atoms with E-state index >= 15 is 0 Å². The molecule has 0 aliphatic carbocycles. The van der Waals surface area contributed by atoms with Crippen LogP contribution in [0.3, 0.4) is 0 Å².